The average Bonchev–Trinajstić information content (AvgIpc) is 3.50. The van der Waals surface area contributed by atoms with Crippen LogP contribution in [0.3, 0.4) is 0 Å². The third kappa shape index (κ3) is 4.82. The first-order valence-corrected chi connectivity index (χ1v) is 11.3. The molecule has 0 fully saturated rings. The van der Waals surface area contributed by atoms with Crippen LogP contribution in [0.4, 0.5) is 0 Å². The molecule has 6 rings (SSSR count). The molecular formula is C32H26N2O5. The Hall–Kier alpha value is -5.04. The molecule has 7 heteroatoms. The fourth-order valence-electron chi connectivity index (χ4n) is 3.49. The summed E-state index contributed by atoms with van der Waals surface area (Å²) in [5.41, 5.74) is -2.37. The molecule has 0 radical (unpaired) electrons. The van der Waals surface area contributed by atoms with Crippen LogP contribution in [-0.4, -0.2) is 47.5 Å². The molecule has 194 valence electrons. The Morgan fingerprint density at radius 3 is 1.21 bits per heavy atom. The molecule has 0 atom stereocenters. The summed E-state index contributed by atoms with van der Waals surface area (Å²) < 4.78 is 118. The standard InChI is InChI=1S/C18H12N2O4.C14H14O/c1-19-15(21)11-5-3-9(7-13(11)17(19)23)10-4-6-12-14(8-10)18(24)20(2)16(12)22;1-11-3-7-13(8-4-11)15-14-9-5-12(2)6-10-14/h3-8H,1-2H3;3-10H,1-2H3/i3D,4D,5D,6D,7D,8D;3D,4D,5D,6D,7D,8D,9D,10D. The zero-order valence-electron chi connectivity index (χ0n) is 34.9. The van der Waals surface area contributed by atoms with Gasteiger partial charge in [0.25, 0.3) is 23.6 Å². The average molecular weight is 533 g/mol. The van der Waals surface area contributed by atoms with Crippen LogP contribution in [0.5, 0.6) is 11.5 Å². The normalized spacial score (nSPS) is 18.8. The predicted molar refractivity (Wildman–Crippen MR) is 147 cm³/mol. The first-order chi connectivity index (χ1) is 24.5. The van der Waals surface area contributed by atoms with Gasteiger partial charge in [-0.1, -0.05) is 47.4 Å². The topological polar surface area (TPSA) is 84.0 Å². The number of hydrogen-bond donors (Lipinski definition) is 0. The zero-order chi connectivity index (χ0) is 40.0. The van der Waals surface area contributed by atoms with Crippen molar-refractivity contribution in [1.29, 1.82) is 0 Å². The van der Waals surface area contributed by atoms with E-state index in [1.807, 2.05) is 0 Å². The van der Waals surface area contributed by atoms with Gasteiger partial charge in [-0.05, 0) is 73.3 Å². The molecule has 4 amide bonds. The van der Waals surface area contributed by atoms with E-state index in [2.05, 4.69) is 0 Å². The number of fused-ring (bicyclic) bond motifs is 2. The summed E-state index contributed by atoms with van der Waals surface area (Å²) in [5.74, 6) is -4.27. The Morgan fingerprint density at radius 2 is 0.846 bits per heavy atom. The highest BCUT2D eigenvalue weighted by Gasteiger charge is 2.34. The van der Waals surface area contributed by atoms with Gasteiger partial charge in [0.15, 0.2) is 0 Å². The molecule has 39 heavy (non-hydrogen) atoms. The molecule has 4 aromatic carbocycles. The van der Waals surface area contributed by atoms with E-state index in [9.17, 15) is 19.2 Å². The number of carbonyl (C=O) groups excluding carboxylic acids is 4. The van der Waals surface area contributed by atoms with Crippen LogP contribution >= 0.6 is 0 Å². The highest BCUT2D eigenvalue weighted by Crippen LogP contribution is 2.31. The van der Waals surface area contributed by atoms with E-state index in [0.29, 0.717) is 9.80 Å². The number of imide groups is 2. The number of ether oxygens (including phenoxy) is 1. The molecule has 0 aliphatic carbocycles. The first kappa shape index (κ1) is 13.7. The largest absolute Gasteiger partial charge is 0.457 e. The van der Waals surface area contributed by atoms with Gasteiger partial charge in [0.2, 0.25) is 0 Å². The minimum Gasteiger partial charge on any atom is -0.457 e. The number of benzene rings is 4. The van der Waals surface area contributed by atoms with Crippen molar-refractivity contribution in [3.05, 3.63) is 118 Å². The molecule has 0 saturated carbocycles. The third-order valence-electron chi connectivity index (χ3n) is 5.61. The maximum Gasteiger partial charge on any atom is 0.261 e. The lowest BCUT2D eigenvalue weighted by Gasteiger charge is -2.05. The lowest BCUT2D eigenvalue weighted by molar-refractivity contribution is 0.0677. The molecule has 7 nitrogen and oxygen atoms in total. The van der Waals surface area contributed by atoms with Crippen molar-refractivity contribution in [2.75, 3.05) is 14.1 Å². The van der Waals surface area contributed by atoms with Gasteiger partial charge < -0.3 is 4.74 Å². The highest BCUT2D eigenvalue weighted by molar-refractivity contribution is 6.22. The minimum absolute atomic E-state index is 0.163. The van der Waals surface area contributed by atoms with Crippen LogP contribution < -0.4 is 4.74 Å². The number of amides is 4. The number of carbonyl (C=O) groups is 4. The van der Waals surface area contributed by atoms with Crippen LogP contribution in [0.2, 0.25) is 0 Å². The summed E-state index contributed by atoms with van der Waals surface area (Å²) in [7, 11) is 2.33. The summed E-state index contributed by atoms with van der Waals surface area (Å²) >= 11 is 0. The number of nitrogens with zero attached hydrogens (tertiary/aromatic N) is 2. The Bertz CT molecular complexity index is 2190. The molecule has 2 aliphatic heterocycles. The summed E-state index contributed by atoms with van der Waals surface area (Å²) in [4.78, 5) is 50.8. The molecule has 0 N–H and O–H groups in total. The van der Waals surface area contributed by atoms with Crippen LogP contribution in [0.1, 0.15) is 71.7 Å². The predicted octanol–water partition coefficient (Wildman–Crippen LogP) is 5.90. The van der Waals surface area contributed by atoms with E-state index in [4.69, 9.17) is 23.9 Å². The van der Waals surface area contributed by atoms with Crippen molar-refractivity contribution in [2.45, 2.75) is 13.8 Å². The number of rotatable bonds is 3. The van der Waals surface area contributed by atoms with Crippen molar-refractivity contribution in [3.8, 4) is 22.6 Å². The second kappa shape index (κ2) is 10.0. The second-order valence-electron chi connectivity index (χ2n) is 8.35. The Labute approximate surface area is 245 Å². The molecular weight excluding hydrogens is 492 g/mol. The SMILES string of the molecule is [2H]c1c([2H])c(-c2c([2H])c([2H])c3c(c2[2H])C(=O)N(C)C3=O)c([2H])c2c1C(=O)N(C)C2=O.[2H]c1c([2H])c(Oc2c([2H])c([2H])c(C)c([2H])c2[2H])c([2H])c([2H])c1C. The molecule has 0 aromatic heterocycles. The van der Waals surface area contributed by atoms with Crippen molar-refractivity contribution in [2.24, 2.45) is 0 Å². The van der Waals surface area contributed by atoms with Gasteiger partial charge in [-0.15, -0.1) is 0 Å². The molecule has 0 unspecified atom stereocenters. The quantitative estimate of drug-likeness (QED) is 0.307. The first-order valence-electron chi connectivity index (χ1n) is 18.3. The lowest BCUT2D eigenvalue weighted by Crippen LogP contribution is -2.24. The van der Waals surface area contributed by atoms with E-state index in [-0.39, 0.29) is 35.3 Å². The number of hydrogen-bond acceptors (Lipinski definition) is 5. The summed E-state index contributed by atoms with van der Waals surface area (Å²) in [6, 6.07) is -6.83. The van der Waals surface area contributed by atoms with Crippen LogP contribution in [0, 0.1) is 13.8 Å². The molecule has 0 spiro atoms. The third-order valence-corrected chi connectivity index (χ3v) is 5.61. The van der Waals surface area contributed by atoms with Gasteiger partial charge in [-0.3, -0.25) is 29.0 Å². The lowest BCUT2D eigenvalue weighted by atomic mass is 9.97. The second-order valence-corrected chi connectivity index (χ2v) is 8.35. The van der Waals surface area contributed by atoms with Gasteiger partial charge in [0.05, 0.1) is 41.4 Å². The van der Waals surface area contributed by atoms with Crippen molar-refractivity contribution in [1.82, 2.24) is 9.80 Å². The van der Waals surface area contributed by atoms with Gasteiger partial charge in [0.1, 0.15) is 11.5 Å². The maximum atomic E-state index is 12.4. The van der Waals surface area contributed by atoms with E-state index in [1.54, 1.807) is 0 Å². The van der Waals surface area contributed by atoms with Gasteiger partial charge in [0, 0.05) is 14.1 Å². The zero-order valence-corrected chi connectivity index (χ0v) is 20.9. The highest BCUT2D eigenvalue weighted by atomic mass is 16.5. The van der Waals surface area contributed by atoms with Crippen molar-refractivity contribution >= 4 is 23.6 Å². The minimum atomic E-state index is -0.869. The summed E-state index contributed by atoms with van der Waals surface area (Å²) in [6.07, 6.45) is 0. The van der Waals surface area contributed by atoms with Gasteiger partial charge in [-0.2, -0.15) is 0 Å². The van der Waals surface area contributed by atoms with Crippen LogP contribution in [-0.2, 0) is 0 Å². The molecule has 0 bridgehead atoms. The van der Waals surface area contributed by atoms with Crippen LogP contribution in [0.25, 0.3) is 11.1 Å². The van der Waals surface area contributed by atoms with Crippen molar-refractivity contribution < 1.29 is 43.1 Å². The fraction of sp³-hybridized carbons (Fsp3) is 0.125. The Kier molecular flexibility index (Phi) is 3.51. The fourth-order valence-corrected chi connectivity index (χ4v) is 3.49. The van der Waals surface area contributed by atoms with Crippen molar-refractivity contribution in [3.63, 3.8) is 0 Å². The van der Waals surface area contributed by atoms with E-state index in [0.717, 1.165) is 14.1 Å². The Balaban J connectivity index is 0.000000212. The monoisotopic (exact) mass is 532 g/mol. The molecule has 2 heterocycles. The van der Waals surface area contributed by atoms with Gasteiger partial charge >= 0.3 is 0 Å². The summed E-state index contributed by atoms with van der Waals surface area (Å²) in [5, 5.41) is 0. The molecule has 4 aromatic rings. The molecule has 2 aliphatic rings. The smallest absolute Gasteiger partial charge is 0.261 e. The van der Waals surface area contributed by atoms with E-state index < -0.39 is 129 Å². The van der Waals surface area contributed by atoms with Crippen LogP contribution in [0.15, 0.2) is 84.6 Å². The van der Waals surface area contributed by atoms with E-state index >= 15 is 0 Å². The van der Waals surface area contributed by atoms with Gasteiger partial charge in [-0.25, -0.2) is 0 Å². The van der Waals surface area contributed by atoms with E-state index in [1.165, 1.54) is 13.8 Å². The Morgan fingerprint density at radius 1 is 0.513 bits per heavy atom. The summed E-state index contributed by atoms with van der Waals surface area (Å²) in [6.45, 7) is 2.90. The molecule has 0 saturated heterocycles. The maximum absolute atomic E-state index is 12.4.